The normalized spacial score (nSPS) is 12.0. The molecule has 0 N–H and O–H groups in total. The molecular weight excluding hydrogens is 256 g/mol. The van der Waals surface area contributed by atoms with Crippen LogP contribution in [0, 0.1) is 13.8 Å². The summed E-state index contributed by atoms with van der Waals surface area (Å²) in [7, 11) is 0. The fourth-order valence-corrected chi connectivity index (χ4v) is 2.83. The van der Waals surface area contributed by atoms with E-state index in [9.17, 15) is 0 Å². The first kappa shape index (κ1) is 13.9. The highest BCUT2D eigenvalue weighted by atomic mass is 15.0. The van der Waals surface area contributed by atoms with Crippen molar-refractivity contribution in [3.63, 3.8) is 0 Å². The van der Waals surface area contributed by atoms with Gasteiger partial charge in [0.2, 0.25) is 0 Å². The maximum atomic E-state index is 4.94. The van der Waals surface area contributed by atoms with Crippen LogP contribution in [0.2, 0.25) is 0 Å². The summed E-state index contributed by atoms with van der Waals surface area (Å²) in [6.45, 7) is 11.0. The van der Waals surface area contributed by atoms with Crippen molar-refractivity contribution < 1.29 is 0 Å². The van der Waals surface area contributed by atoms with Gasteiger partial charge in [0.15, 0.2) is 0 Å². The van der Waals surface area contributed by atoms with Crippen LogP contribution in [-0.2, 0) is 5.41 Å². The van der Waals surface area contributed by atoms with Gasteiger partial charge in [-0.15, -0.1) is 0 Å². The van der Waals surface area contributed by atoms with E-state index in [2.05, 4.69) is 81.6 Å². The van der Waals surface area contributed by atoms with Crippen molar-refractivity contribution in [1.82, 2.24) is 9.38 Å². The van der Waals surface area contributed by atoms with Crippen molar-refractivity contribution in [2.45, 2.75) is 40.0 Å². The summed E-state index contributed by atoms with van der Waals surface area (Å²) in [4.78, 5) is 4.94. The lowest BCUT2D eigenvalue weighted by atomic mass is 9.88. The molecule has 2 heteroatoms. The standard InChI is InChI=1S/C19H22N2/c1-13-8-10-15(11-9-13)16-17(19(3,4)5)21-12-6-7-14(2)18(21)20-16/h6-12H,1-5H3. The minimum absolute atomic E-state index is 0.0351. The molecule has 0 radical (unpaired) electrons. The molecule has 0 bridgehead atoms. The minimum atomic E-state index is 0.0351. The first-order valence-electron chi connectivity index (χ1n) is 7.43. The smallest absolute Gasteiger partial charge is 0.140 e. The SMILES string of the molecule is Cc1ccc(-c2nc3c(C)cccn3c2C(C)(C)C)cc1. The predicted octanol–water partition coefficient (Wildman–Crippen LogP) is 4.92. The largest absolute Gasteiger partial charge is 0.303 e. The molecule has 0 amide bonds. The highest BCUT2D eigenvalue weighted by molar-refractivity contribution is 5.69. The molecule has 108 valence electrons. The van der Waals surface area contributed by atoms with E-state index in [0.29, 0.717) is 0 Å². The van der Waals surface area contributed by atoms with Crippen LogP contribution in [0.4, 0.5) is 0 Å². The van der Waals surface area contributed by atoms with E-state index in [4.69, 9.17) is 4.98 Å². The lowest BCUT2D eigenvalue weighted by molar-refractivity contribution is 0.565. The molecule has 0 aliphatic carbocycles. The molecule has 2 aromatic heterocycles. The molecule has 3 aromatic rings. The van der Waals surface area contributed by atoms with Crippen LogP contribution in [-0.4, -0.2) is 9.38 Å². The molecule has 0 saturated heterocycles. The van der Waals surface area contributed by atoms with Gasteiger partial charge in [0.1, 0.15) is 5.65 Å². The molecule has 0 saturated carbocycles. The average Bonchev–Trinajstić information content (AvgIpc) is 2.80. The Hall–Kier alpha value is -2.09. The minimum Gasteiger partial charge on any atom is -0.303 e. The summed E-state index contributed by atoms with van der Waals surface area (Å²) >= 11 is 0. The fourth-order valence-electron chi connectivity index (χ4n) is 2.83. The second-order valence-corrected chi connectivity index (χ2v) is 6.81. The van der Waals surface area contributed by atoms with Crippen LogP contribution in [0.3, 0.4) is 0 Å². The zero-order valence-corrected chi connectivity index (χ0v) is 13.4. The summed E-state index contributed by atoms with van der Waals surface area (Å²) in [5.41, 5.74) is 7.12. The third-order valence-electron chi connectivity index (χ3n) is 3.88. The molecule has 0 aliphatic heterocycles. The third kappa shape index (κ3) is 2.35. The number of hydrogen-bond acceptors (Lipinski definition) is 1. The van der Waals surface area contributed by atoms with Gasteiger partial charge >= 0.3 is 0 Å². The van der Waals surface area contributed by atoms with E-state index in [1.54, 1.807) is 0 Å². The Morgan fingerprint density at radius 1 is 0.952 bits per heavy atom. The van der Waals surface area contributed by atoms with Crippen molar-refractivity contribution in [3.8, 4) is 11.3 Å². The number of rotatable bonds is 1. The van der Waals surface area contributed by atoms with Gasteiger partial charge in [0, 0.05) is 17.2 Å². The summed E-state index contributed by atoms with van der Waals surface area (Å²) in [6.07, 6.45) is 2.12. The Labute approximate surface area is 126 Å². The summed E-state index contributed by atoms with van der Waals surface area (Å²) in [6, 6.07) is 12.9. The highest BCUT2D eigenvalue weighted by Gasteiger charge is 2.25. The van der Waals surface area contributed by atoms with Crippen molar-refractivity contribution in [1.29, 1.82) is 0 Å². The molecule has 0 spiro atoms. The molecule has 2 heterocycles. The summed E-state index contributed by atoms with van der Waals surface area (Å²) < 4.78 is 2.24. The Balaban J connectivity index is 2.36. The van der Waals surface area contributed by atoms with Crippen molar-refractivity contribution in [2.75, 3.05) is 0 Å². The van der Waals surface area contributed by atoms with Crippen LogP contribution in [0.25, 0.3) is 16.9 Å². The van der Waals surface area contributed by atoms with Gasteiger partial charge in [-0.1, -0.05) is 56.7 Å². The van der Waals surface area contributed by atoms with E-state index in [1.165, 1.54) is 22.4 Å². The molecular formula is C19H22N2. The number of fused-ring (bicyclic) bond motifs is 1. The van der Waals surface area contributed by atoms with Gasteiger partial charge in [-0.3, -0.25) is 0 Å². The maximum Gasteiger partial charge on any atom is 0.140 e. The Bertz CT molecular complexity index is 787. The first-order valence-corrected chi connectivity index (χ1v) is 7.43. The molecule has 0 aliphatic rings. The lowest BCUT2D eigenvalue weighted by Crippen LogP contribution is -2.15. The van der Waals surface area contributed by atoms with E-state index < -0.39 is 0 Å². The summed E-state index contributed by atoms with van der Waals surface area (Å²) in [5.74, 6) is 0. The molecule has 21 heavy (non-hydrogen) atoms. The van der Waals surface area contributed by atoms with Crippen LogP contribution in [0.15, 0.2) is 42.6 Å². The Morgan fingerprint density at radius 3 is 2.24 bits per heavy atom. The monoisotopic (exact) mass is 278 g/mol. The fraction of sp³-hybridized carbons (Fsp3) is 0.316. The lowest BCUT2D eigenvalue weighted by Gasteiger charge is -2.20. The number of aryl methyl sites for hydroxylation is 2. The van der Waals surface area contributed by atoms with E-state index in [1.807, 2.05) is 0 Å². The van der Waals surface area contributed by atoms with E-state index in [-0.39, 0.29) is 5.41 Å². The summed E-state index contributed by atoms with van der Waals surface area (Å²) in [5, 5.41) is 0. The van der Waals surface area contributed by atoms with Crippen molar-refractivity contribution in [3.05, 3.63) is 59.4 Å². The molecule has 3 rings (SSSR count). The Kier molecular flexibility index (Phi) is 3.12. The average molecular weight is 278 g/mol. The van der Waals surface area contributed by atoms with Crippen molar-refractivity contribution in [2.24, 2.45) is 0 Å². The number of nitrogens with zero attached hydrogens (tertiary/aromatic N) is 2. The Morgan fingerprint density at radius 2 is 1.62 bits per heavy atom. The molecule has 1 aromatic carbocycles. The molecule has 0 unspecified atom stereocenters. The van der Waals surface area contributed by atoms with Gasteiger partial charge in [-0.25, -0.2) is 4.98 Å². The van der Waals surface area contributed by atoms with Crippen LogP contribution in [0.1, 0.15) is 37.6 Å². The number of aromatic nitrogens is 2. The maximum absolute atomic E-state index is 4.94. The van der Waals surface area contributed by atoms with E-state index in [0.717, 1.165) is 11.3 Å². The van der Waals surface area contributed by atoms with Gasteiger partial charge in [-0.05, 0) is 25.5 Å². The quantitative estimate of drug-likeness (QED) is 0.618. The van der Waals surface area contributed by atoms with Crippen LogP contribution < -0.4 is 0 Å². The number of benzene rings is 1. The second kappa shape index (κ2) is 4.73. The van der Waals surface area contributed by atoms with Crippen LogP contribution >= 0.6 is 0 Å². The van der Waals surface area contributed by atoms with Crippen molar-refractivity contribution >= 4 is 5.65 Å². The van der Waals surface area contributed by atoms with Crippen LogP contribution in [0.5, 0.6) is 0 Å². The first-order chi connectivity index (χ1) is 9.88. The highest BCUT2D eigenvalue weighted by Crippen LogP contribution is 2.34. The number of hydrogen-bond donors (Lipinski definition) is 0. The number of pyridine rings is 1. The van der Waals surface area contributed by atoms with Gasteiger partial charge < -0.3 is 4.40 Å². The van der Waals surface area contributed by atoms with Gasteiger partial charge in [0.05, 0.1) is 11.4 Å². The van der Waals surface area contributed by atoms with Gasteiger partial charge in [-0.2, -0.15) is 0 Å². The second-order valence-electron chi connectivity index (χ2n) is 6.81. The van der Waals surface area contributed by atoms with Gasteiger partial charge in [0.25, 0.3) is 0 Å². The topological polar surface area (TPSA) is 17.3 Å². The molecule has 0 fully saturated rings. The molecule has 0 atom stereocenters. The zero-order chi connectivity index (χ0) is 15.2. The zero-order valence-electron chi connectivity index (χ0n) is 13.4. The number of imidazole rings is 1. The molecule has 2 nitrogen and oxygen atoms in total. The predicted molar refractivity (Wildman–Crippen MR) is 88.8 cm³/mol. The van der Waals surface area contributed by atoms with E-state index >= 15 is 0 Å². The third-order valence-corrected chi connectivity index (χ3v) is 3.88.